The molecule has 6 nitrogen and oxygen atoms in total. The van der Waals surface area contributed by atoms with Crippen molar-refractivity contribution in [3.05, 3.63) is 48.5 Å². The van der Waals surface area contributed by atoms with Crippen LogP contribution in [0.25, 0.3) is 11.3 Å². The highest BCUT2D eigenvalue weighted by atomic mass is 32.2. The number of aliphatic hydroxyl groups is 1. The van der Waals surface area contributed by atoms with Gasteiger partial charge < -0.3 is 9.84 Å². The van der Waals surface area contributed by atoms with Crippen molar-refractivity contribution in [2.24, 2.45) is 0 Å². The number of aliphatic hydroxyl groups excluding tert-OH is 1. The Kier molecular flexibility index (Phi) is 5.48. The molecular weight excluding hydrogens is 340 g/mol. The highest BCUT2D eigenvalue weighted by molar-refractivity contribution is 7.89. The summed E-state index contributed by atoms with van der Waals surface area (Å²) in [5.74, 6) is 0. The molecule has 7 heteroatoms. The molecule has 2 aromatic rings. The van der Waals surface area contributed by atoms with Crippen molar-refractivity contribution >= 4 is 10.0 Å². The highest BCUT2D eigenvalue weighted by Gasteiger charge is 2.40. The lowest BCUT2D eigenvalue weighted by atomic mass is 10.1. The standard InChI is InChI=1S/C18H22N2O4S/c1-2-24-18(21)16-11-7-13-20(16)25(22,23)17-12-6-10-15(19-17)14-8-4-3-5-9-14/h3-6,8-10,12,16,18,21H,2,7,11,13H2,1H3/t16-,18?/m1/s1. The number of hydrogen-bond acceptors (Lipinski definition) is 5. The third-order valence-corrected chi connectivity index (χ3v) is 6.11. The summed E-state index contributed by atoms with van der Waals surface area (Å²) in [6.07, 6.45) is 0.130. The lowest BCUT2D eigenvalue weighted by Gasteiger charge is -2.27. The molecule has 0 amide bonds. The van der Waals surface area contributed by atoms with Crippen LogP contribution in [-0.2, 0) is 14.8 Å². The number of nitrogens with zero attached hydrogens (tertiary/aromatic N) is 2. The lowest BCUT2D eigenvalue weighted by molar-refractivity contribution is -0.123. The molecule has 2 heterocycles. The summed E-state index contributed by atoms with van der Waals surface area (Å²) >= 11 is 0. The lowest BCUT2D eigenvalue weighted by Crippen LogP contribution is -2.44. The normalized spacial score (nSPS) is 19.8. The summed E-state index contributed by atoms with van der Waals surface area (Å²) in [4.78, 5) is 4.35. The molecular formula is C18H22N2O4S. The summed E-state index contributed by atoms with van der Waals surface area (Å²) in [5.41, 5.74) is 1.45. The summed E-state index contributed by atoms with van der Waals surface area (Å²) in [7, 11) is -3.80. The number of hydrogen-bond donors (Lipinski definition) is 1. The predicted molar refractivity (Wildman–Crippen MR) is 94.2 cm³/mol. The van der Waals surface area contributed by atoms with Crippen molar-refractivity contribution in [3.63, 3.8) is 0 Å². The largest absolute Gasteiger partial charge is 0.367 e. The fourth-order valence-corrected chi connectivity index (χ4v) is 4.72. The average Bonchev–Trinajstić information content (AvgIpc) is 3.14. The van der Waals surface area contributed by atoms with Crippen LogP contribution in [0, 0.1) is 0 Å². The van der Waals surface area contributed by atoms with Gasteiger partial charge in [-0.05, 0) is 31.9 Å². The molecule has 0 bridgehead atoms. The van der Waals surface area contributed by atoms with Crippen molar-refractivity contribution in [1.29, 1.82) is 0 Å². The number of pyridine rings is 1. The number of aromatic nitrogens is 1. The Balaban J connectivity index is 1.92. The van der Waals surface area contributed by atoms with E-state index in [9.17, 15) is 13.5 Å². The van der Waals surface area contributed by atoms with E-state index >= 15 is 0 Å². The maximum absolute atomic E-state index is 13.0. The topological polar surface area (TPSA) is 79.7 Å². The van der Waals surface area contributed by atoms with E-state index in [0.29, 0.717) is 31.7 Å². The Bertz CT molecular complexity index is 811. The predicted octanol–water partition coefficient (Wildman–Crippen LogP) is 2.26. The molecule has 0 radical (unpaired) electrons. The Hall–Kier alpha value is -1.80. The molecule has 0 aliphatic carbocycles. The minimum Gasteiger partial charge on any atom is -0.367 e. The van der Waals surface area contributed by atoms with E-state index in [-0.39, 0.29) is 5.03 Å². The van der Waals surface area contributed by atoms with Gasteiger partial charge in [0.2, 0.25) is 0 Å². The molecule has 134 valence electrons. The summed E-state index contributed by atoms with van der Waals surface area (Å²) in [5, 5.41) is 10.1. The van der Waals surface area contributed by atoms with Crippen molar-refractivity contribution in [2.75, 3.05) is 13.2 Å². The van der Waals surface area contributed by atoms with Crippen molar-refractivity contribution in [2.45, 2.75) is 37.1 Å². The SMILES string of the molecule is CCOC(O)[C@H]1CCCN1S(=O)(=O)c1cccc(-c2ccccc2)n1. The fourth-order valence-electron chi connectivity index (χ4n) is 3.08. The van der Waals surface area contributed by atoms with Gasteiger partial charge in [0.05, 0.1) is 11.7 Å². The maximum atomic E-state index is 13.0. The molecule has 0 saturated carbocycles. The first kappa shape index (κ1) is 18.0. The summed E-state index contributed by atoms with van der Waals surface area (Å²) in [6, 6.07) is 13.8. The van der Waals surface area contributed by atoms with E-state index in [4.69, 9.17) is 4.74 Å². The van der Waals surface area contributed by atoms with Crippen LogP contribution in [0.3, 0.4) is 0 Å². The monoisotopic (exact) mass is 362 g/mol. The zero-order valence-corrected chi connectivity index (χ0v) is 14.9. The number of rotatable bonds is 6. The van der Waals surface area contributed by atoms with Gasteiger partial charge in [-0.15, -0.1) is 0 Å². The first-order valence-corrected chi connectivity index (χ1v) is 9.82. The van der Waals surface area contributed by atoms with Crippen LogP contribution in [0.1, 0.15) is 19.8 Å². The Morgan fingerprint density at radius 2 is 2.00 bits per heavy atom. The van der Waals surface area contributed by atoms with E-state index in [1.165, 1.54) is 10.4 Å². The second kappa shape index (κ2) is 7.61. The Morgan fingerprint density at radius 3 is 2.72 bits per heavy atom. The highest BCUT2D eigenvalue weighted by Crippen LogP contribution is 2.28. The van der Waals surface area contributed by atoms with Crippen LogP contribution in [-0.4, -0.2) is 48.3 Å². The van der Waals surface area contributed by atoms with Gasteiger partial charge in [0, 0.05) is 18.7 Å². The summed E-state index contributed by atoms with van der Waals surface area (Å²) in [6.45, 7) is 2.45. The maximum Gasteiger partial charge on any atom is 0.260 e. The van der Waals surface area contributed by atoms with Crippen molar-refractivity contribution < 1.29 is 18.3 Å². The molecule has 1 aliphatic heterocycles. The van der Waals surface area contributed by atoms with Gasteiger partial charge >= 0.3 is 0 Å². The third-order valence-electron chi connectivity index (χ3n) is 4.28. The van der Waals surface area contributed by atoms with Crippen LogP contribution >= 0.6 is 0 Å². The van der Waals surface area contributed by atoms with Crippen LogP contribution in [0.15, 0.2) is 53.6 Å². The second-order valence-electron chi connectivity index (χ2n) is 5.90. The molecule has 1 fully saturated rings. The smallest absolute Gasteiger partial charge is 0.260 e. The van der Waals surface area contributed by atoms with Gasteiger partial charge in [-0.25, -0.2) is 13.4 Å². The van der Waals surface area contributed by atoms with Gasteiger partial charge in [0.15, 0.2) is 11.3 Å². The molecule has 0 spiro atoms. The van der Waals surface area contributed by atoms with Gasteiger partial charge in [-0.2, -0.15) is 4.31 Å². The van der Waals surface area contributed by atoms with Crippen molar-refractivity contribution in [3.8, 4) is 11.3 Å². The first-order valence-electron chi connectivity index (χ1n) is 8.38. The van der Waals surface area contributed by atoms with E-state index in [1.807, 2.05) is 30.3 Å². The Morgan fingerprint density at radius 1 is 1.24 bits per heavy atom. The Labute approximate surface area is 148 Å². The molecule has 25 heavy (non-hydrogen) atoms. The number of benzene rings is 1. The molecule has 1 N–H and O–H groups in total. The molecule has 1 aromatic carbocycles. The molecule has 1 aliphatic rings. The minimum atomic E-state index is -3.80. The van der Waals surface area contributed by atoms with Crippen LogP contribution in [0.4, 0.5) is 0 Å². The quantitative estimate of drug-likeness (QED) is 0.798. The van der Waals surface area contributed by atoms with Gasteiger partial charge in [0.25, 0.3) is 10.0 Å². The molecule has 1 saturated heterocycles. The van der Waals surface area contributed by atoms with Gasteiger partial charge in [-0.1, -0.05) is 36.4 Å². The third kappa shape index (κ3) is 3.74. The summed E-state index contributed by atoms with van der Waals surface area (Å²) < 4.78 is 32.6. The molecule has 2 atom stereocenters. The van der Waals surface area contributed by atoms with E-state index in [0.717, 1.165) is 5.56 Å². The zero-order valence-electron chi connectivity index (χ0n) is 14.1. The number of sulfonamides is 1. The first-order chi connectivity index (χ1) is 12.0. The van der Waals surface area contributed by atoms with Gasteiger partial charge in [0.1, 0.15) is 0 Å². The molecule has 1 unspecified atom stereocenters. The van der Waals surface area contributed by atoms with Gasteiger partial charge in [-0.3, -0.25) is 0 Å². The van der Waals surface area contributed by atoms with Crippen LogP contribution in [0.5, 0.6) is 0 Å². The molecule has 1 aromatic heterocycles. The van der Waals surface area contributed by atoms with E-state index in [2.05, 4.69) is 4.98 Å². The average molecular weight is 362 g/mol. The van der Waals surface area contributed by atoms with Crippen LogP contribution in [0.2, 0.25) is 0 Å². The van der Waals surface area contributed by atoms with E-state index < -0.39 is 22.4 Å². The second-order valence-corrected chi connectivity index (χ2v) is 7.74. The van der Waals surface area contributed by atoms with Crippen LogP contribution < -0.4 is 0 Å². The fraction of sp³-hybridized carbons (Fsp3) is 0.389. The minimum absolute atomic E-state index is 0.00977. The van der Waals surface area contributed by atoms with E-state index in [1.54, 1.807) is 19.1 Å². The number of ether oxygens (including phenoxy) is 1. The zero-order chi connectivity index (χ0) is 17.9. The molecule has 3 rings (SSSR count). The van der Waals surface area contributed by atoms with Crippen molar-refractivity contribution in [1.82, 2.24) is 9.29 Å².